The Labute approximate surface area is 143 Å². The summed E-state index contributed by atoms with van der Waals surface area (Å²) in [7, 11) is 1.65. The summed E-state index contributed by atoms with van der Waals surface area (Å²) in [6.07, 6.45) is 0.814. The highest BCUT2D eigenvalue weighted by atomic mass is 16.5. The molecular weight excluding hydrogens is 306 g/mol. The smallest absolute Gasteiger partial charge is 0.253 e. The van der Waals surface area contributed by atoms with E-state index in [0.29, 0.717) is 39.3 Å². The lowest BCUT2D eigenvalue weighted by Gasteiger charge is -2.37. The highest BCUT2D eigenvalue weighted by Gasteiger charge is 2.27. The second kappa shape index (κ2) is 9.39. The van der Waals surface area contributed by atoms with Gasteiger partial charge in [-0.1, -0.05) is 18.2 Å². The largest absolute Gasteiger partial charge is 0.385 e. The van der Waals surface area contributed by atoms with Crippen LogP contribution in [0, 0.1) is 0 Å². The second-order valence-electron chi connectivity index (χ2n) is 6.01. The van der Waals surface area contributed by atoms with Gasteiger partial charge in [-0.3, -0.25) is 14.5 Å². The van der Waals surface area contributed by atoms with Crippen LogP contribution < -0.4 is 5.32 Å². The molecule has 1 fully saturated rings. The first-order chi connectivity index (χ1) is 11.6. The summed E-state index contributed by atoms with van der Waals surface area (Å²) in [5.74, 6) is 0.0980. The Kier molecular flexibility index (Phi) is 7.21. The molecule has 1 aliphatic heterocycles. The van der Waals surface area contributed by atoms with E-state index >= 15 is 0 Å². The van der Waals surface area contributed by atoms with E-state index in [1.54, 1.807) is 7.11 Å². The molecule has 132 valence electrons. The molecule has 1 aliphatic rings. The van der Waals surface area contributed by atoms with Gasteiger partial charge in [0.25, 0.3) is 5.91 Å². The Bertz CT molecular complexity index is 528. The van der Waals surface area contributed by atoms with Crippen LogP contribution in [0.25, 0.3) is 0 Å². The predicted octanol–water partition coefficient (Wildman–Crippen LogP) is 0.986. The van der Waals surface area contributed by atoms with Gasteiger partial charge in [-0.15, -0.1) is 0 Å². The molecule has 0 saturated carbocycles. The lowest BCUT2D eigenvalue weighted by Crippen LogP contribution is -2.55. The van der Waals surface area contributed by atoms with Crippen LogP contribution in [0.2, 0.25) is 0 Å². The molecule has 0 bridgehead atoms. The molecule has 1 aromatic rings. The van der Waals surface area contributed by atoms with Crippen LogP contribution in [0.15, 0.2) is 30.3 Å². The maximum atomic E-state index is 12.4. The van der Waals surface area contributed by atoms with E-state index in [0.717, 1.165) is 12.0 Å². The quantitative estimate of drug-likeness (QED) is 0.756. The summed E-state index contributed by atoms with van der Waals surface area (Å²) in [4.78, 5) is 28.6. The molecule has 0 radical (unpaired) electrons. The van der Waals surface area contributed by atoms with Crippen molar-refractivity contribution in [3.63, 3.8) is 0 Å². The van der Waals surface area contributed by atoms with Gasteiger partial charge in [0.2, 0.25) is 5.91 Å². The first-order valence-corrected chi connectivity index (χ1v) is 8.48. The third-order valence-electron chi connectivity index (χ3n) is 4.37. The number of nitrogens with one attached hydrogen (secondary N) is 1. The first-order valence-electron chi connectivity index (χ1n) is 8.48. The van der Waals surface area contributed by atoms with E-state index in [4.69, 9.17) is 4.74 Å². The zero-order chi connectivity index (χ0) is 17.4. The Morgan fingerprint density at radius 2 is 1.83 bits per heavy atom. The Morgan fingerprint density at radius 1 is 1.17 bits per heavy atom. The van der Waals surface area contributed by atoms with Crippen molar-refractivity contribution in [2.24, 2.45) is 0 Å². The normalized spacial score (nSPS) is 16.7. The summed E-state index contributed by atoms with van der Waals surface area (Å²) in [5.41, 5.74) is 0.717. The third kappa shape index (κ3) is 5.04. The van der Waals surface area contributed by atoms with Crippen LogP contribution in [-0.4, -0.2) is 74.1 Å². The van der Waals surface area contributed by atoms with Crippen LogP contribution in [-0.2, 0) is 9.53 Å². The van der Waals surface area contributed by atoms with Gasteiger partial charge in [0.1, 0.15) is 0 Å². The zero-order valence-electron chi connectivity index (χ0n) is 14.5. The minimum absolute atomic E-state index is 0.0361. The summed E-state index contributed by atoms with van der Waals surface area (Å²) in [6, 6.07) is 9.15. The van der Waals surface area contributed by atoms with Gasteiger partial charge in [0.15, 0.2) is 0 Å². The molecule has 1 unspecified atom stereocenters. The van der Waals surface area contributed by atoms with Crippen LogP contribution in [0.1, 0.15) is 23.7 Å². The maximum absolute atomic E-state index is 12.4. The van der Waals surface area contributed by atoms with E-state index in [1.807, 2.05) is 42.2 Å². The monoisotopic (exact) mass is 333 g/mol. The van der Waals surface area contributed by atoms with E-state index in [1.165, 1.54) is 0 Å². The van der Waals surface area contributed by atoms with Crippen LogP contribution in [0.4, 0.5) is 0 Å². The summed E-state index contributed by atoms with van der Waals surface area (Å²) in [5, 5.41) is 2.93. The van der Waals surface area contributed by atoms with Crippen LogP contribution in [0.3, 0.4) is 0 Å². The summed E-state index contributed by atoms with van der Waals surface area (Å²) >= 11 is 0. The molecule has 1 saturated heterocycles. The Balaban J connectivity index is 1.77. The predicted molar refractivity (Wildman–Crippen MR) is 92.9 cm³/mol. The SMILES string of the molecule is COCCCNC(=O)C(C)N1CCN(C(=O)c2ccccc2)CC1. The maximum Gasteiger partial charge on any atom is 0.253 e. The molecule has 2 amide bonds. The highest BCUT2D eigenvalue weighted by Crippen LogP contribution is 2.11. The highest BCUT2D eigenvalue weighted by molar-refractivity contribution is 5.94. The number of carbonyl (C=O) groups excluding carboxylic acids is 2. The van der Waals surface area contributed by atoms with Crippen LogP contribution >= 0.6 is 0 Å². The number of ether oxygens (including phenoxy) is 1. The number of carbonyl (C=O) groups is 2. The van der Waals surface area contributed by atoms with Crippen molar-refractivity contribution in [2.45, 2.75) is 19.4 Å². The van der Waals surface area contributed by atoms with Gasteiger partial charge in [-0.05, 0) is 25.5 Å². The number of hydrogen-bond donors (Lipinski definition) is 1. The van der Waals surface area contributed by atoms with Gasteiger partial charge in [0.05, 0.1) is 6.04 Å². The van der Waals surface area contributed by atoms with Crippen LogP contribution in [0.5, 0.6) is 0 Å². The lowest BCUT2D eigenvalue weighted by molar-refractivity contribution is -0.126. The van der Waals surface area contributed by atoms with E-state index < -0.39 is 0 Å². The molecule has 6 heteroatoms. The van der Waals surface area contributed by atoms with Gasteiger partial charge in [-0.2, -0.15) is 0 Å². The minimum Gasteiger partial charge on any atom is -0.385 e. The van der Waals surface area contributed by atoms with Crippen molar-refractivity contribution in [3.05, 3.63) is 35.9 Å². The van der Waals surface area contributed by atoms with Crippen molar-refractivity contribution in [2.75, 3.05) is 46.4 Å². The fraction of sp³-hybridized carbons (Fsp3) is 0.556. The molecule has 0 spiro atoms. The standard InChI is InChI=1S/C18H27N3O3/c1-15(17(22)19-9-6-14-24-2)20-10-12-21(13-11-20)18(23)16-7-4-3-5-8-16/h3-5,7-8,15H,6,9-14H2,1-2H3,(H,19,22). The average molecular weight is 333 g/mol. The number of methoxy groups -OCH3 is 1. The molecule has 24 heavy (non-hydrogen) atoms. The molecule has 1 atom stereocenters. The molecule has 0 aromatic heterocycles. The summed E-state index contributed by atoms with van der Waals surface area (Å²) in [6.45, 7) is 5.92. The van der Waals surface area contributed by atoms with Gasteiger partial charge in [-0.25, -0.2) is 0 Å². The van der Waals surface area contributed by atoms with Crippen molar-refractivity contribution >= 4 is 11.8 Å². The van der Waals surface area contributed by atoms with Crippen molar-refractivity contribution < 1.29 is 14.3 Å². The first kappa shape index (κ1) is 18.4. The molecule has 1 N–H and O–H groups in total. The molecule has 6 nitrogen and oxygen atoms in total. The number of piperazine rings is 1. The molecule has 0 aliphatic carbocycles. The number of nitrogens with zero attached hydrogens (tertiary/aromatic N) is 2. The third-order valence-corrected chi connectivity index (χ3v) is 4.37. The number of rotatable bonds is 7. The zero-order valence-corrected chi connectivity index (χ0v) is 14.5. The van der Waals surface area contributed by atoms with Gasteiger partial charge in [0, 0.05) is 52.0 Å². The Hall–Kier alpha value is -1.92. The fourth-order valence-corrected chi connectivity index (χ4v) is 2.82. The topological polar surface area (TPSA) is 61.9 Å². The average Bonchev–Trinajstić information content (AvgIpc) is 2.64. The summed E-state index contributed by atoms with van der Waals surface area (Å²) < 4.78 is 4.97. The van der Waals surface area contributed by atoms with E-state index in [9.17, 15) is 9.59 Å². The Morgan fingerprint density at radius 3 is 2.46 bits per heavy atom. The molecule has 1 heterocycles. The van der Waals surface area contributed by atoms with Gasteiger partial charge < -0.3 is 15.0 Å². The number of hydrogen-bond acceptors (Lipinski definition) is 4. The lowest BCUT2D eigenvalue weighted by atomic mass is 10.1. The molecule has 2 rings (SSSR count). The van der Waals surface area contributed by atoms with Gasteiger partial charge >= 0.3 is 0 Å². The van der Waals surface area contributed by atoms with E-state index in [-0.39, 0.29) is 17.9 Å². The molecular formula is C18H27N3O3. The number of benzene rings is 1. The van der Waals surface area contributed by atoms with Crippen molar-refractivity contribution in [1.82, 2.24) is 15.1 Å². The van der Waals surface area contributed by atoms with Crippen molar-refractivity contribution in [1.29, 1.82) is 0 Å². The second-order valence-corrected chi connectivity index (χ2v) is 6.01. The minimum atomic E-state index is -0.179. The number of amides is 2. The van der Waals surface area contributed by atoms with E-state index in [2.05, 4.69) is 10.2 Å². The van der Waals surface area contributed by atoms with Crippen molar-refractivity contribution in [3.8, 4) is 0 Å². The molecule has 1 aromatic carbocycles. The fourth-order valence-electron chi connectivity index (χ4n) is 2.82.